The van der Waals surface area contributed by atoms with Crippen LogP contribution in [0.4, 0.5) is 15.9 Å². The number of nitrogens with zero attached hydrogens (tertiary/aromatic N) is 3. The molecule has 1 aliphatic heterocycles. The normalized spacial score (nSPS) is 12.0. The Morgan fingerprint density at radius 1 is 1.17 bits per heavy atom. The summed E-state index contributed by atoms with van der Waals surface area (Å²) in [4.78, 5) is 12.9. The van der Waals surface area contributed by atoms with Crippen molar-refractivity contribution < 1.29 is 13.9 Å². The number of hydrogen-bond acceptors (Lipinski definition) is 7. The number of thioether (sulfide) groups is 1. The van der Waals surface area contributed by atoms with E-state index in [1.165, 1.54) is 28.5 Å². The zero-order valence-corrected chi connectivity index (χ0v) is 16.1. The van der Waals surface area contributed by atoms with Crippen molar-refractivity contribution in [1.29, 1.82) is 0 Å². The summed E-state index contributed by atoms with van der Waals surface area (Å²) in [7, 11) is 0. The van der Waals surface area contributed by atoms with E-state index in [1.807, 2.05) is 0 Å². The van der Waals surface area contributed by atoms with Gasteiger partial charge in [-0.3, -0.25) is 9.36 Å². The third-order valence-electron chi connectivity index (χ3n) is 4.14. The van der Waals surface area contributed by atoms with Crippen LogP contribution in [0.1, 0.15) is 5.56 Å². The molecular weight excluding hydrogens is 395 g/mol. The molecule has 3 aromatic rings. The largest absolute Gasteiger partial charge is 0.454 e. The van der Waals surface area contributed by atoms with Gasteiger partial charge in [-0.1, -0.05) is 30.0 Å². The summed E-state index contributed by atoms with van der Waals surface area (Å²) in [6, 6.07) is 11.4. The second-order valence-corrected chi connectivity index (χ2v) is 7.09. The molecule has 9 heteroatoms. The lowest BCUT2D eigenvalue weighted by Crippen LogP contribution is -2.26. The van der Waals surface area contributed by atoms with Gasteiger partial charge in [0.25, 0.3) is 5.56 Å². The van der Waals surface area contributed by atoms with E-state index in [-0.39, 0.29) is 30.5 Å². The number of halogens is 1. The molecule has 0 spiro atoms. The summed E-state index contributed by atoms with van der Waals surface area (Å²) >= 11 is 1.35. The van der Waals surface area contributed by atoms with Crippen LogP contribution in [0.5, 0.6) is 11.5 Å². The Morgan fingerprint density at radius 2 is 1.97 bits per heavy atom. The third kappa shape index (κ3) is 4.24. The minimum atomic E-state index is -0.320. The molecule has 1 aromatic heterocycles. The fraction of sp³-hybridized carbons (Fsp3) is 0.150. The molecule has 148 valence electrons. The molecule has 0 unspecified atom stereocenters. The van der Waals surface area contributed by atoms with Crippen LogP contribution in [0, 0.1) is 5.82 Å². The van der Waals surface area contributed by atoms with Gasteiger partial charge in [-0.2, -0.15) is 0 Å². The standard InChI is InChI=1S/C20H17FN4O3S/c1-2-9-25-19(26)18(22-15-7-8-16-17(10-15)28-12-27-16)23-24-20(25)29-11-13-3-5-14(21)6-4-13/h2-8,10H,1,9,11-12H2,(H,22,23). The van der Waals surface area contributed by atoms with E-state index in [9.17, 15) is 9.18 Å². The Morgan fingerprint density at radius 3 is 2.76 bits per heavy atom. The molecule has 0 bridgehead atoms. The highest BCUT2D eigenvalue weighted by Crippen LogP contribution is 2.34. The number of allylic oxidation sites excluding steroid dienone is 1. The number of benzene rings is 2. The number of hydrogen-bond donors (Lipinski definition) is 1. The first-order valence-electron chi connectivity index (χ1n) is 8.76. The van der Waals surface area contributed by atoms with Gasteiger partial charge in [0, 0.05) is 24.1 Å². The van der Waals surface area contributed by atoms with Crippen molar-refractivity contribution in [2.45, 2.75) is 17.5 Å². The molecule has 1 aliphatic rings. The van der Waals surface area contributed by atoms with Crippen molar-refractivity contribution in [3.63, 3.8) is 0 Å². The molecule has 4 rings (SSSR count). The summed E-state index contributed by atoms with van der Waals surface area (Å²) < 4.78 is 25.2. The molecule has 29 heavy (non-hydrogen) atoms. The number of aromatic nitrogens is 3. The highest BCUT2D eigenvalue weighted by atomic mass is 32.2. The average molecular weight is 412 g/mol. The van der Waals surface area contributed by atoms with E-state index < -0.39 is 0 Å². The van der Waals surface area contributed by atoms with Gasteiger partial charge in [-0.05, 0) is 29.8 Å². The number of fused-ring (bicyclic) bond motifs is 1. The van der Waals surface area contributed by atoms with Crippen LogP contribution in [-0.2, 0) is 12.3 Å². The molecule has 0 atom stereocenters. The molecule has 0 amide bonds. The maximum atomic E-state index is 13.1. The van der Waals surface area contributed by atoms with Crippen molar-refractivity contribution in [2.75, 3.05) is 12.1 Å². The summed E-state index contributed by atoms with van der Waals surface area (Å²) in [6.07, 6.45) is 1.62. The fourth-order valence-electron chi connectivity index (χ4n) is 2.72. The van der Waals surface area contributed by atoms with E-state index in [2.05, 4.69) is 22.1 Å². The van der Waals surface area contributed by atoms with Crippen LogP contribution in [0.3, 0.4) is 0 Å². The first-order valence-corrected chi connectivity index (χ1v) is 9.75. The van der Waals surface area contributed by atoms with Crippen LogP contribution < -0.4 is 20.3 Å². The van der Waals surface area contributed by atoms with Crippen LogP contribution in [0.25, 0.3) is 0 Å². The molecule has 7 nitrogen and oxygen atoms in total. The van der Waals surface area contributed by atoms with Gasteiger partial charge in [0.2, 0.25) is 12.6 Å². The Kier molecular flexibility index (Phi) is 5.48. The second-order valence-electron chi connectivity index (χ2n) is 6.14. The lowest BCUT2D eigenvalue weighted by atomic mass is 10.2. The lowest BCUT2D eigenvalue weighted by molar-refractivity contribution is 0.174. The smallest absolute Gasteiger partial charge is 0.297 e. The van der Waals surface area contributed by atoms with E-state index in [0.29, 0.717) is 28.1 Å². The quantitative estimate of drug-likeness (QED) is 0.468. The molecule has 0 radical (unpaired) electrons. The zero-order chi connectivity index (χ0) is 20.2. The highest BCUT2D eigenvalue weighted by molar-refractivity contribution is 7.98. The predicted octanol–water partition coefficient (Wildman–Crippen LogP) is 3.73. The summed E-state index contributed by atoms with van der Waals surface area (Å²) in [5, 5.41) is 11.7. The monoisotopic (exact) mass is 412 g/mol. The van der Waals surface area contributed by atoms with Crippen LogP contribution >= 0.6 is 11.8 Å². The fourth-order valence-corrected chi connectivity index (χ4v) is 3.62. The van der Waals surface area contributed by atoms with E-state index in [4.69, 9.17) is 9.47 Å². The Balaban J connectivity index is 1.56. The first-order chi connectivity index (χ1) is 14.1. The molecule has 2 heterocycles. The van der Waals surface area contributed by atoms with E-state index >= 15 is 0 Å². The van der Waals surface area contributed by atoms with E-state index in [0.717, 1.165) is 5.56 Å². The number of rotatable bonds is 7. The highest BCUT2D eigenvalue weighted by Gasteiger charge is 2.16. The summed E-state index contributed by atoms with van der Waals surface area (Å²) in [5.74, 6) is 1.58. The Bertz CT molecular complexity index is 1100. The maximum absolute atomic E-state index is 13.1. The maximum Gasteiger partial charge on any atom is 0.297 e. The van der Waals surface area contributed by atoms with Crippen LogP contribution in [-0.4, -0.2) is 21.6 Å². The minimum absolute atomic E-state index is 0.0943. The van der Waals surface area contributed by atoms with Crippen molar-refractivity contribution in [1.82, 2.24) is 14.8 Å². The van der Waals surface area contributed by atoms with Crippen LogP contribution in [0.2, 0.25) is 0 Å². The molecule has 0 saturated carbocycles. The van der Waals surface area contributed by atoms with E-state index in [1.54, 1.807) is 36.4 Å². The van der Waals surface area contributed by atoms with Gasteiger partial charge in [-0.15, -0.1) is 16.8 Å². The molecule has 2 aromatic carbocycles. The minimum Gasteiger partial charge on any atom is -0.454 e. The van der Waals surface area contributed by atoms with Crippen molar-refractivity contribution in [2.24, 2.45) is 0 Å². The van der Waals surface area contributed by atoms with Crippen molar-refractivity contribution >= 4 is 23.3 Å². The van der Waals surface area contributed by atoms with Gasteiger partial charge in [0.05, 0.1) is 0 Å². The van der Waals surface area contributed by atoms with Crippen molar-refractivity contribution in [3.05, 3.63) is 76.9 Å². The third-order valence-corrected chi connectivity index (χ3v) is 5.18. The molecule has 0 fully saturated rings. The number of anilines is 2. The van der Waals surface area contributed by atoms with Gasteiger partial charge in [-0.25, -0.2) is 4.39 Å². The molecule has 0 aliphatic carbocycles. The van der Waals surface area contributed by atoms with Crippen LogP contribution in [0.15, 0.2) is 65.1 Å². The van der Waals surface area contributed by atoms with Gasteiger partial charge >= 0.3 is 0 Å². The van der Waals surface area contributed by atoms with Gasteiger partial charge < -0.3 is 14.8 Å². The SMILES string of the molecule is C=CCn1c(SCc2ccc(F)cc2)nnc(Nc2ccc3c(c2)OCO3)c1=O. The Labute approximate surface area is 170 Å². The molecule has 1 N–H and O–H groups in total. The summed E-state index contributed by atoms with van der Waals surface area (Å²) in [6.45, 7) is 4.17. The first kappa shape index (κ1) is 19.0. The predicted molar refractivity (Wildman–Crippen MR) is 108 cm³/mol. The van der Waals surface area contributed by atoms with Crippen molar-refractivity contribution in [3.8, 4) is 11.5 Å². The van der Waals surface area contributed by atoms with Gasteiger partial charge in [0.1, 0.15) is 5.82 Å². The summed E-state index contributed by atoms with van der Waals surface area (Å²) in [5.41, 5.74) is 1.23. The topological polar surface area (TPSA) is 78.3 Å². The second kappa shape index (κ2) is 8.36. The average Bonchev–Trinajstić information content (AvgIpc) is 3.19. The lowest BCUT2D eigenvalue weighted by Gasteiger charge is -2.12. The zero-order valence-electron chi connectivity index (χ0n) is 15.3. The number of nitrogens with one attached hydrogen (secondary N) is 1. The molecule has 0 saturated heterocycles. The van der Waals surface area contributed by atoms with Gasteiger partial charge in [0.15, 0.2) is 16.7 Å². The molecular formula is C20H17FN4O3S. The number of ether oxygens (including phenoxy) is 2. The Hall–Kier alpha value is -3.33.